The average molecular weight is 574 g/mol. The monoisotopic (exact) mass is 573 g/mol. The van der Waals surface area contributed by atoms with Gasteiger partial charge in [0.05, 0.1) is 60.4 Å². The number of aromatic nitrogens is 1. The van der Waals surface area contributed by atoms with Crippen LogP contribution in [0.1, 0.15) is 16.8 Å². The topological polar surface area (TPSA) is 78.7 Å². The molecule has 0 spiro atoms. The fourth-order valence-corrected chi connectivity index (χ4v) is 4.79. The van der Waals surface area contributed by atoms with Crippen LogP contribution in [0.15, 0.2) is 83.5 Å². The molecule has 1 saturated heterocycles. The molecule has 1 fully saturated rings. The summed E-state index contributed by atoms with van der Waals surface area (Å²) in [5.41, 5.74) is 5.14. The van der Waals surface area contributed by atoms with Gasteiger partial charge >= 0.3 is 6.01 Å². The molecule has 2 heterocycles. The minimum Gasteiger partial charge on any atom is -0.497 e. The van der Waals surface area contributed by atoms with E-state index in [2.05, 4.69) is 46.2 Å². The number of rotatable bonds is 15. The predicted molar refractivity (Wildman–Crippen MR) is 162 cm³/mol. The number of oxazole rings is 1. The van der Waals surface area contributed by atoms with E-state index in [9.17, 15) is 0 Å². The number of nitrogens with zero attached hydrogens (tertiary/aromatic N) is 3. The largest absolute Gasteiger partial charge is 0.497 e. The van der Waals surface area contributed by atoms with E-state index in [-0.39, 0.29) is 0 Å². The molecule has 0 radical (unpaired) electrons. The molecular weight excluding hydrogens is 534 g/mol. The molecule has 1 aromatic heterocycles. The first kappa shape index (κ1) is 29.4. The molecule has 0 amide bonds. The van der Waals surface area contributed by atoms with Crippen LogP contribution in [0.5, 0.6) is 11.5 Å². The number of hydrogen-bond acceptors (Lipinski definition) is 9. The number of benzene rings is 3. The molecule has 0 unspecified atom stereocenters. The number of ether oxygens (including phenoxy) is 5. The second-order valence-electron chi connectivity index (χ2n) is 9.94. The van der Waals surface area contributed by atoms with E-state index in [1.807, 2.05) is 36.4 Å². The highest BCUT2D eigenvalue weighted by atomic mass is 16.5. The molecule has 1 aliphatic rings. The Labute approximate surface area is 247 Å². The maximum atomic E-state index is 5.96. The molecule has 0 saturated carbocycles. The van der Waals surface area contributed by atoms with Crippen LogP contribution in [0.3, 0.4) is 0 Å². The Balaban J connectivity index is 1.17. The maximum absolute atomic E-state index is 5.96. The zero-order valence-electron chi connectivity index (χ0n) is 24.4. The van der Waals surface area contributed by atoms with E-state index in [0.717, 1.165) is 61.2 Å². The highest BCUT2D eigenvalue weighted by Gasteiger charge is 2.18. The van der Waals surface area contributed by atoms with Gasteiger partial charge in [0.2, 0.25) is 0 Å². The minimum absolute atomic E-state index is 0.339. The Hall–Kier alpha value is -4.05. The summed E-state index contributed by atoms with van der Waals surface area (Å²) in [6.07, 6.45) is 2.47. The van der Waals surface area contributed by atoms with E-state index in [1.54, 1.807) is 20.5 Å². The second kappa shape index (κ2) is 15.3. The summed E-state index contributed by atoms with van der Waals surface area (Å²) in [6, 6.07) is 25.0. The molecule has 1 aliphatic heterocycles. The van der Waals surface area contributed by atoms with Crippen molar-refractivity contribution in [2.45, 2.75) is 19.6 Å². The molecule has 4 aromatic rings. The van der Waals surface area contributed by atoms with Crippen molar-refractivity contribution in [1.29, 1.82) is 0 Å². The van der Waals surface area contributed by atoms with Gasteiger partial charge in [-0.25, -0.2) is 0 Å². The van der Waals surface area contributed by atoms with E-state index >= 15 is 0 Å². The first-order chi connectivity index (χ1) is 20.7. The average Bonchev–Trinajstić information content (AvgIpc) is 3.52. The lowest BCUT2D eigenvalue weighted by Gasteiger charge is -2.29. The van der Waals surface area contributed by atoms with Crippen LogP contribution in [-0.2, 0) is 33.8 Å². The summed E-state index contributed by atoms with van der Waals surface area (Å²) in [4.78, 5) is 9.15. The standard InChI is InChI=1S/C33H39N3O6/c1-37-31-7-3-5-26(21-31)13-16-39-19-20-41-24-28-25-42-33(34-28)36(23-27-6-4-8-32(22-27)38-2)30-11-9-29(10-12-30)35-14-17-40-18-15-35/h3-12,21-22,25H,13-20,23-24H2,1-2H3. The molecule has 0 atom stereocenters. The molecular formula is C33H39N3O6. The third-order valence-corrected chi connectivity index (χ3v) is 7.07. The first-order valence-electron chi connectivity index (χ1n) is 14.3. The van der Waals surface area contributed by atoms with E-state index in [0.29, 0.717) is 39.0 Å². The Kier molecular flexibility index (Phi) is 10.7. The van der Waals surface area contributed by atoms with Gasteiger partial charge in [0.25, 0.3) is 0 Å². The Morgan fingerprint density at radius 2 is 1.50 bits per heavy atom. The van der Waals surface area contributed by atoms with Crippen molar-refractivity contribution in [3.8, 4) is 11.5 Å². The quantitative estimate of drug-likeness (QED) is 0.168. The van der Waals surface area contributed by atoms with Crippen LogP contribution in [0.2, 0.25) is 0 Å². The smallest absolute Gasteiger partial charge is 0.302 e. The van der Waals surface area contributed by atoms with Gasteiger partial charge in [0.15, 0.2) is 0 Å². The molecule has 9 heteroatoms. The summed E-state index contributed by atoms with van der Waals surface area (Å²) >= 11 is 0. The number of methoxy groups -OCH3 is 2. The number of morpholine rings is 1. The summed E-state index contributed by atoms with van der Waals surface area (Å²) in [5.74, 6) is 1.66. The molecule has 222 valence electrons. The first-order valence-corrected chi connectivity index (χ1v) is 14.3. The summed E-state index contributed by atoms with van der Waals surface area (Å²) in [5, 5.41) is 0. The SMILES string of the molecule is COc1cccc(CCOCCOCc2coc(N(Cc3cccc(OC)c3)c3ccc(N4CCOCC4)cc3)n2)c1. The van der Waals surface area contributed by atoms with Gasteiger partial charge in [0.1, 0.15) is 23.5 Å². The number of hydrogen-bond donors (Lipinski definition) is 0. The van der Waals surface area contributed by atoms with Crippen molar-refractivity contribution >= 4 is 17.4 Å². The third kappa shape index (κ3) is 8.25. The highest BCUT2D eigenvalue weighted by Crippen LogP contribution is 2.30. The van der Waals surface area contributed by atoms with Gasteiger partial charge in [-0.1, -0.05) is 24.3 Å². The van der Waals surface area contributed by atoms with Crippen molar-refractivity contribution in [1.82, 2.24) is 4.98 Å². The lowest BCUT2D eigenvalue weighted by atomic mass is 10.1. The Morgan fingerprint density at radius 3 is 2.24 bits per heavy atom. The zero-order chi connectivity index (χ0) is 29.0. The van der Waals surface area contributed by atoms with Crippen molar-refractivity contribution in [3.05, 3.63) is 95.9 Å². The van der Waals surface area contributed by atoms with E-state index in [4.69, 9.17) is 33.1 Å². The molecule has 5 rings (SSSR count). The van der Waals surface area contributed by atoms with Crippen molar-refractivity contribution in [3.63, 3.8) is 0 Å². The molecule has 0 aliphatic carbocycles. The summed E-state index contributed by atoms with van der Waals surface area (Å²) in [7, 11) is 3.35. The van der Waals surface area contributed by atoms with Crippen molar-refractivity contribution in [2.75, 3.05) is 70.1 Å². The molecule has 42 heavy (non-hydrogen) atoms. The predicted octanol–water partition coefficient (Wildman–Crippen LogP) is 5.64. The van der Waals surface area contributed by atoms with Gasteiger partial charge in [0, 0.05) is 24.5 Å². The van der Waals surface area contributed by atoms with Crippen LogP contribution in [0.4, 0.5) is 17.4 Å². The summed E-state index contributed by atoms with van der Waals surface area (Å²) < 4.78 is 33.7. The van der Waals surface area contributed by atoms with Gasteiger partial charge in [-0.15, -0.1) is 0 Å². The Morgan fingerprint density at radius 1 is 0.810 bits per heavy atom. The second-order valence-corrected chi connectivity index (χ2v) is 9.94. The van der Waals surface area contributed by atoms with Crippen LogP contribution in [0.25, 0.3) is 0 Å². The van der Waals surface area contributed by atoms with Gasteiger partial charge in [-0.3, -0.25) is 4.90 Å². The fourth-order valence-electron chi connectivity index (χ4n) is 4.79. The Bertz CT molecular complexity index is 1370. The molecule has 3 aromatic carbocycles. The minimum atomic E-state index is 0.339. The van der Waals surface area contributed by atoms with Crippen molar-refractivity contribution < 1.29 is 28.1 Å². The summed E-state index contributed by atoms with van der Waals surface area (Å²) in [6.45, 7) is 5.78. The normalized spacial score (nSPS) is 13.2. The molecule has 0 N–H and O–H groups in total. The van der Waals surface area contributed by atoms with E-state index in [1.165, 1.54) is 11.3 Å². The van der Waals surface area contributed by atoms with Crippen LogP contribution in [-0.4, -0.2) is 65.3 Å². The van der Waals surface area contributed by atoms with Crippen molar-refractivity contribution in [2.24, 2.45) is 0 Å². The zero-order valence-corrected chi connectivity index (χ0v) is 24.4. The highest BCUT2D eigenvalue weighted by molar-refractivity contribution is 5.61. The molecule has 9 nitrogen and oxygen atoms in total. The van der Waals surface area contributed by atoms with Crippen LogP contribution < -0.4 is 19.3 Å². The lowest BCUT2D eigenvalue weighted by molar-refractivity contribution is 0.0405. The van der Waals surface area contributed by atoms with E-state index < -0.39 is 0 Å². The maximum Gasteiger partial charge on any atom is 0.302 e. The molecule has 0 bridgehead atoms. The lowest BCUT2D eigenvalue weighted by Crippen LogP contribution is -2.36. The third-order valence-electron chi connectivity index (χ3n) is 7.07. The fraction of sp³-hybridized carbons (Fsp3) is 0.364. The van der Waals surface area contributed by atoms with Gasteiger partial charge in [-0.2, -0.15) is 4.98 Å². The van der Waals surface area contributed by atoms with Gasteiger partial charge < -0.3 is 33.0 Å². The van der Waals surface area contributed by atoms with Crippen LogP contribution in [0, 0.1) is 0 Å². The number of anilines is 3. The van der Waals surface area contributed by atoms with Crippen LogP contribution >= 0.6 is 0 Å². The van der Waals surface area contributed by atoms with Gasteiger partial charge in [-0.05, 0) is 66.1 Å².